The summed E-state index contributed by atoms with van der Waals surface area (Å²) in [7, 11) is 5.77. The molecule has 5 nitrogen and oxygen atoms in total. The Labute approximate surface area is 176 Å². The van der Waals surface area contributed by atoms with Gasteiger partial charge in [-0.15, -0.1) is 0 Å². The number of carbonyl (C=O) groups excluding carboxylic acids is 1. The summed E-state index contributed by atoms with van der Waals surface area (Å²) in [5.41, 5.74) is 3.82. The Kier molecular flexibility index (Phi) is 6.88. The van der Waals surface area contributed by atoms with Crippen molar-refractivity contribution < 1.29 is 4.79 Å². The Morgan fingerprint density at radius 2 is 1.66 bits per heavy atom. The standard InChI is InChI=1S/C23H26N4OS/c1-5-27(4)22(28)19-13-11-17(12-14-19)16-29-23-24-20(15-21(25-23)26(2)3)18-9-7-6-8-10-18/h6-15H,5,16H2,1-4H3. The van der Waals surface area contributed by atoms with E-state index in [1.807, 2.05) is 81.5 Å². The van der Waals surface area contributed by atoms with Crippen LogP contribution in [0, 0.1) is 0 Å². The zero-order valence-electron chi connectivity index (χ0n) is 17.3. The van der Waals surface area contributed by atoms with Gasteiger partial charge in [-0.1, -0.05) is 54.2 Å². The molecule has 1 amide bonds. The van der Waals surface area contributed by atoms with Crippen LogP contribution in [0.1, 0.15) is 22.8 Å². The van der Waals surface area contributed by atoms with Crippen molar-refractivity contribution in [2.75, 3.05) is 32.6 Å². The van der Waals surface area contributed by atoms with Gasteiger partial charge in [-0.05, 0) is 24.6 Å². The van der Waals surface area contributed by atoms with Gasteiger partial charge in [0.15, 0.2) is 5.16 Å². The molecule has 1 heterocycles. The summed E-state index contributed by atoms with van der Waals surface area (Å²) in [6.45, 7) is 2.66. The first-order valence-electron chi connectivity index (χ1n) is 9.57. The van der Waals surface area contributed by atoms with E-state index in [1.165, 1.54) is 0 Å². The van der Waals surface area contributed by atoms with Gasteiger partial charge < -0.3 is 9.80 Å². The largest absolute Gasteiger partial charge is 0.363 e. The van der Waals surface area contributed by atoms with E-state index in [-0.39, 0.29) is 5.91 Å². The monoisotopic (exact) mass is 406 g/mol. The van der Waals surface area contributed by atoms with E-state index >= 15 is 0 Å². The van der Waals surface area contributed by atoms with Crippen molar-refractivity contribution in [3.63, 3.8) is 0 Å². The zero-order chi connectivity index (χ0) is 20.8. The molecule has 1 aromatic heterocycles. The highest BCUT2D eigenvalue weighted by atomic mass is 32.2. The van der Waals surface area contributed by atoms with Gasteiger partial charge in [0.05, 0.1) is 5.69 Å². The fourth-order valence-electron chi connectivity index (χ4n) is 2.72. The SMILES string of the molecule is CCN(C)C(=O)c1ccc(CSc2nc(-c3ccccc3)cc(N(C)C)n2)cc1. The molecular weight excluding hydrogens is 380 g/mol. The Hall–Kier alpha value is -2.86. The summed E-state index contributed by atoms with van der Waals surface area (Å²) >= 11 is 1.59. The van der Waals surface area contributed by atoms with E-state index < -0.39 is 0 Å². The Morgan fingerprint density at radius 1 is 0.966 bits per heavy atom. The molecule has 0 spiro atoms. The van der Waals surface area contributed by atoms with E-state index in [0.717, 1.165) is 33.5 Å². The maximum atomic E-state index is 12.2. The molecule has 3 rings (SSSR count). The lowest BCUT2D eigenvalue weighted by Gasteiger charge is -2.15. The van der Waals surface area contributed by atoms with Crippen molar-refractivity contribution in [2.24, 2.45) is 0 Å². The van der Waals surface area contributed by atoms with Gasteiger partial charge in [-0.3, -0.25) is 4.79 Å². The molecule has 0 unspecified atom stereocenters. The number of rotatable bonds is 7. The van der Waals surface area contributed by atoms with Crippen LogP contribution in [0.2, 0.25) is 0 Å². The van der Waals surface area contributed by atoms with Crippen molar-refractivity contribution >= 4 is 23.5 Å². The van der Waals surface area contributed by atoms with Crippen molar-refractivity contribution in [2.45, 2.75) is 17.8 Å². The third kappa shape index (κ3) is 5.35. The van der Waals surface area contributed by atoms with Crippen LogP contribution in [0.3, 0.4) is 0 Å². The number of anilines is 1. The molecule has 150 valence electrons. The predicted molar refractivity (Wildman–Crippen MR) is 120 cm³/mol. The number of thioether (sulfide) groups is 1. The number of benzene rings is 2. The second-order valence-corrected chi connectivity index (χ2v) is 7.90. The molecule has 0 fully saturated rings. The molecular formula is C23H26N4OS. The maximum Gasteiger partial charge on any atom is 0.253 e. The van der Waals surface area contributed by atoms with Crippen LogP contribution in [-0.4, -0.2) is 48.5 Å². The second kappa shape index (κ2) is 9.56. The highest BCUT2D eigenvalue weighted by Crippen LogP contribution is 2.26. The van der Waals surface area contributed by atoms with Crippen molar-refractivity contribution in [3.8, 4) is 11.3 Å². The molecule has 0 aliphatic carbocycles. The third-order valence-electron chi connectivity index (χ3n) is 4.61. The Morgan fingerprint density at radius 3 is 2.28 bits per heavy atom. The molecule has 29 heavy (non-hydrogen) atoms. The Balaban J connectivity index is 1.76. The molecule has 0 bridgehead atoms. The molecule has 0 atom stereocenters. The molecule has 0 aliphatic rings. The molecule has 0 saturated carbocycles. The highest BCUT2D eigenvalue weighted by molar-refractivity contribution is 7.98. The lowest BCUT2D eigenvalue weighted by atomic mass is 10.1. The van der Waals surface area contributed by atoms with E-state index in [1.54, 1.807) is 16.7 Å². The van der Waals surface area contributed by atoms with Crippen LogP contribution in [0.15, 0.2) is 65.8 Å². The fraction of sp³-hybridized carbons (Fsp3) is 0.261. The Bertz CT molecular complexity index is 958. The number of amides is 1. The zero-order valence-corrected chi connectivity index (χ0v) is 18.1. The predicted octanol–water partition coefficient (Wildman–Crippen LogP) is 4.59. The average molecular weight is 407 g/mol. The minimum absolute atomic E-state index is 0.0428. The molecule has 2 aromatic carbocycles. The molecule has 0 saturated heterocycles. The molecule has 0 radical (unpaired) electrons. The van der Waals surface area contributed by atoms with Gasteiger partial charge >= 0.3 is 0 Å². The van der Waals surface area contributed by atoms with E-state index in [4.69, 9.17) is 4.98 Å². The average Bonchev–Trinajstić information content (AvgIpc) is 2.77. The van der Waals surface area contributed by atoms with Gasteiger partial charge in [0.25, 0.3) is 5.91 Å². The van der Waals surface area contributed by atoms with Crippen molar-refractivity contribution in [1.82, 2.24) is 14.9 Å². The number of hydrogen-bond acceptors (Lipinski definition) is 5. The summed E-state index contributed by atoms with van der Waals surface area (Å²) in [4.78, 5) is 25.3. The number of hydrogen-bond donors (Lipinski definition) is 0. The molecule has 0 aliphatic heterocycles. The smallest absolute Gasteiger partial charge is 0.253 e. The first-order valence-corrected chi connectivity index (χ1v) is 10.6. The number of aromatic nitrogens is 2. The minimum Gasteiger partial charge on any atom is -0.363 e. The van der Waals surface area contributed by atoms with Crippen LogP contribution in [-0.2, 0) is 5.75 Å². The second-order valence-electron chi connectivity index (χ2n) is 6.96. The summed E-state index contributed by atoms with van der Waals surface area (Å²) in [5.74, 6) is 1.66. The summed E-state index contributed by atoms with van der Waals surface area (Å²) in [6, 6.07) is 19.9. The van der Waals surface area contributed by atoms with Gasteiger partial charge in [0.1, 0.15) is 5.82 Å². The molecule has 3 aromatic rings. The van der Waals surface area contributed by atoms with E-state index in [9.17, 15) is 4.79 Å². The highest BCUT2D eigenvalue weighted by Gasteiger charge is 2.11. The summed E-state index contributed by atoms with van der Waals surface area (Å²) < 4.78 is 0. The minimum atomic E-state index is 0.0428. The maximum absolute atomic E-state index is 12.2. The van der Waals surface area contributed by atoms with Crippen LogP contribution in [0.5, 0.6) is 0 Å². The lowest BCUT2D eigenvalue weighted by Crippen LogP contribution is -2.26. The van der Waals surface area contributed by atoms with Crippen LogP contribution < -0.4 is 4.90 Å². The quantitative estimate of drug-likeness (QED) is 0.424. The first kappa shape index (κ1) is 20.9. The van der Waals surface area contributed by atoms with Gasteiger partial charge in [0, 0.05) is 50.6 Å². The van der Waals surface area contributed by atoms with Crippen molar-refractivity contribution in [3.05, 3.63) is 71.8 Å². The first-order chi connectivity index (χ1) is 14.0. The van der Waals surface area contributed by atoms with Crippen LogP contribution in [0.4, 0.5) is 5.82 Å². The fourth-order valence-corrected chi connectivity index (χ4v) is 3.53. The molecule has 6 heteroatoms. The van der Waals surface area contributed by atoms with Crippen molar-refractivity contribution in [1.29, 1.82) is 0 Å². The molecule has 0 N–H and O–H groups in total. The van der Waals surface area contributed by atoms with E-state index in [2.05, 4.69) is 17.1 Å². The lowest BCUT2D eigenvalue weighted by molar-refractivity contribution is 0.0802. The van der Waals surface area contributed by atoms with Crippen LogP contribution >= 0.6 is 11.8 Å². The number of nitrogens with zero attached hydrogens (tertiary/aromatic N) is 4. The van der Waals surface area contributed by atoms with Gasteiger partial charge in [0.2, 0.25) is 0 Å². The van der Waals surface area contributed by atoms with E-state index in [0.29, 0.717) is 12.1 Å². The topological polar surface area (TPSA) is 49.3 Å². The van der Waals surface area contributed by atoms with Crippen LogP contribution in [0.25, 0.3) is 11.3 Å². The summed E-state index contributed by atoms with van der Waals surface area (Å²) in [6.07, 6.45) is 0. The third-order valence-corrected chi connectivity index (χ3v) is 5.53. The summed E-state index contributed by atoms with van der Waals surface area (Å²) in [5, 5.41) is 0.737. The van der Waals surface area contributed by atoms with Gasteiger partial charge in [-0.2, -0.15) is 0 Å². The number of carbonyl (C=O) groups is 1. The normalized spacial score (nSPS) is 10.6. The van der Waals surface area contributed by atoms with Gasteiger partial charge in [-0.25, -0.2) is 9.97 Å².